The third kappa shape index (κ3) is 4.24. The molecule has 0 fully saturated rings. The lowest BCUT2D eigenvalue weighted by Gasteiger charge is -2.26. The molecule has 0 aliphatic heterocycles. The van der Waals surface area contributed by atoms with Crippen molar-refractivity contribution in [3.63, 3.8) is 0 Å². The molecule has 0 radical (unpaired) electrons. The number of aliphatic carboxylic acids is 1. The van der Waals surface area contributed by atoms with Gasteiger partial charge in [0.05, 0.1) is 10.9 Å². The molecule has 0 aliphatic rings. The standard InChI is InChI=1S/C13H19NO4S/c1-11(2)19(17,18)14(10-6-9-13(15)16)12-7-4-3-5-8-12/h3-5,7-8,11H,6,9-10H2,1-2H3,(H,15,16). The molecule has 1 aromatic rings. The smallest absolute Gasteiger partial charge is 0.303 e. The summed E-state index contributed by atoms with van der Waals surface area (Å²) in [5, 5.41) is 8.10. The number of benzene rings is 1. The summed E-state index contributed by atoms with van der Waals surface area (Å²) in [6.45, 7) is 3.40. The van der Waals surface area contributed by atoms with Crippen LogP contribution in [0.2, 0.25) is 0 Å². The van der Waals surface area contributed by atoms with E-state index in [1.807, 2.05) is 0 Å². The molecule has 1 N–H and O–H groups in total. The Bertz CT molecular complexity index is 511. The molecule has 5 nitrogen and oxygen atoms in total. The molecule has 0 aromatic heterocycles. The summed E-state index contributed by atoms with van der Waals surface area (Å²) in [5.74, 6) is -0.921. The van der Waals surface area contributed by atoms with Gasteiger partial charge in [0.25, 0.3) is 0 Å². The van der Waals surface area contributed by atoms with Gasteiger partial charge in [0.1, 0.15) is 0 Å². The lowest BCUT2D eigenvalue weighted by Crippen LogP contribution is -2.37. The van der Waals surface area contributed by atoms with Crippen LogP contribution in [0.25, 0.3) is 0 Å². The first-order chi connectivity index (χ1) is 8.85. The molecule has 19 heavy (non-hydrogen) atoms. The zero-order chi connectivity index (χ0) is 14.5. The molecule has 1 aromatic carbocycles. The van der Waals surface area contributed by atoms with Gasteiger partial charge in [-0.1, -0.05) is 18.2 Å². The van der Waals surface area contributed by atoms with Gasteiger partial charge in [-0.15, -0.1) is 0 Å². The van der Waals surface area contributed by atoms with Crippen molar-refractivity contribution in [3.05, 3.63) is 30.3 Å². The first-order valence-corrected chi connectivity index (χ1v) is 7.64. The van der Waals surface area contributed by atoms with Gasteiger partial charge in [-0.05, 0) is 32.4 Å². The monoisotopic (exact) mass is 285 g/mol. The number of para-hydroxylation sites is 1. The predicted molar refractivity (Wildman–Crippen MR) is 74.7 cm³/mol. The van der Waals surface area contributed by atoms with E-state index in [4.69, 9.17) is 5.11 Å². The van der Waals surface area contributed by atoms with Crippen molar-refractivity contribution in [2.24, 2.45) is 0 Å². The van der Waals surface area contributed by atoms with E-state index in [0.717, 1.165) is 0 Å². The van der Waals surface area contributed by atoms with Crippen LogP contribution < -0.4 is 4.31 Å². The summed E-state index contributed by atoms with van der Waals surface area (Å²) in [4.78, 5) is 10.5. The van der Waals surface area contributed by atoms with Crippen molar-refractivity contribution in [1.29, 1.82) is 0 Å². The molecule has 0 amide bonds. The van der Waals surface area contributed by atoms with Crippen molar-refractivity contribution in [2.45, 2.75) is 31.9 Å². The SMILES string of the molecule is CC(C)S(=O)(=O)N(CCCC(=O)O)c1ccccc1. The van der Waals surface area contributed by atoms with E-state index < -0.39 is 21.2 Å². The Morgan fingerprint density at radius 2 is 1.84 bits per heavy atom. The van der Waals surface area contributed by atoms with Crippen LogP contribution in [0.5, 0.6) is 0 Å². The van der Waals surface area contributed by atoms with Crippen LogP contribution in [0.3, 0.4) is 0 Å². The Hall–Kier alpha value is -1.56. The first kappa shape index (κ1) is 15.5. The first-order valence-electron chi connectivity index (χ1n) is 6.14. The largest absolute Gasteiger partial charge is 0.481 e. The molecule has 1 rings (SSSR count). The van der Waals surface area contributed by atoms with Gasteiger partial charge in [-0.3, -0.25) is 9.10 Å². The Morgan fingerprint density at radius 1 is 1.26 bits per heavy atom. The van der Waals surface area contributed by atoms with Crippen LogP contribution >= 0.6 is 0 Å². The average molecular weight is 285 g/mol. The fraction of sp³-hybridized carbons (Fsp3) is 0.462. The number of carboxylic acid groups (broad SMARTS) is 1. The maximum Gasteiger partial charge on any atom is 0.303 e. The molecule has 0 atom stereocenters. The van der Waals surface area contributed by atoms with Crippen molar-refractivity contribution in [3.8, 4) is 0 Å². The zero-order valence-electron chi connectivity index (χ0n) is 11.1. The van der Waals surface area contributed by atoms with Crippen molar-refractivity contribution in [2.75, 3.05) is 10.8 Å². The van der Waals surface area contributed by atoms with E-state index in [-0.39, 0.29) is 19.4 Å². The number of carbonyl (C=O) groups is 1. The van der Waals surface area contributed by atoms with Crippen molar-refractivity contribution in [1.82, 2.24) is 0 Å². The van der Waals surface area contributed by atoms with Crippen LogP contribution in [0.4, 0.5) is 5.69 Å². The molecule has 0 aliphatic carbocycles. The molecule has 106 valence electrons. The van der Waals surface area contributed by atoms with Gasteiger partial charge in [-0.25, -0.2) is 8.42 Å². The second kappa shape index (κ2) is 6.56. The quantitative estimate of drug-likeness (QED) is 0.832. The second-order valence-corrected chi connectivity index (χ2v) is 6.91. The van der Waals surface area contributed by atoms with Crippen molar-refractivity contribution < 1.29 is 18.3 Å². The highest BCUT2D eigenvalue weighted by molar-refractivity contribution is 7.93. The number of hydrogen-bond acceptors (Lipinski definition) is 3. The number of nitrogens with zero attached hydrogens (tertiary/aromatic N) is 1. The van der Waals surface area contributed by atoms with E-state index >= 15 is 0 Å². The highest BCUT2D eigenvalue weighted by atomic mass is 32.2. The molecular formula is C13H19NO4S. The van der Waals surface area contributed by atoms with Gasteiger partial charge in [-0.2, -0.15) is 0 Å². The van der Waals surface area contributed by atoms with Gasteiger partial charge < -0.3 is 5.11 Å². The van der Waals surface area contributed by atoms with Crippen LogP contribution in [0.1, 0.15) is 26.7 Å². The Labute approximate surface area is 113 Å². The van der Waals surface area contributed by atoms with Crippen LogP contribution in [-0.2, 0) is 14.8 Å². The Kier molecular flexibility index (Phi) is 5.35. The molecule has 6 heteroatoms. The Morgan fingerprint density at radius 3 is 2.32 bits per heavy atom. The Balaban J connectivity index is 2.96. The van der Waals surface area contributed by atoms with Crippen LogP contribution in [0.15, 0.2) is 30.3 Å². The molecule has 0 bridgehead atoms. The van der Waals surface area contributed by atoms with Crippen molar-refractivity contribution >= 4 is 21.7 Å². The van der Waals surface area contributed by atoms with E-state index in [1.54, 1.807) is 44.2 Å². The minimum atomic E-state index is -3.45. The molecule has 0 saturated carbocycles. The van der Waals surface area contributed by atoms with E-state index in [2.05, 4.69) is 0 Å². The van der Waals surface area contributed by atoms with E-state index in [1.165, 1.54) is 4.31 Å². The number of hydrogen-bond donors (Lipinski definition) is 1. The predicted octanol–water partition coefficient (Wildman–Crippen LogP) is 2.10. The van der Waals surface area contributed by atoms with Gasteiger partial charge >= 0.3 is 5.97 Å². The summed E-state index contributed by atoms with van der Waals surface area (Å²) in [6, 6.07) is 8.74. The highest BCUT2D eigenvalue weighted by Gasteiger charge is 2.25. The minimum Gasteiger partial charge on any atom is -0.481 e. The highest BCUT2D eigenvalue weighted by Crippen LogP contribution is 2.21. The number of carboxylic acids is 1. The normalized spacial score (nSPS) is 11.5. The third-order valence-electron chi connectivity index (χ3n) is 2.70. The molecule has 0 saturated heterocycles. The summed E-state index contributed by atoms with van der Waals surface area (Å²) < 4.78 is 25.9. The third-order valence-corrected chi connectivity index (χ3v) is 4.90. The fourth-order valence-corrected chi connectivity index (χ4v) is 2.93. The number of rotatable bonds is 7. The number of anilines is 1. The minimum absolute atomic E-state index is 0.0447. The second-order valence-electron chi connectivity index (χ2n) is 4.50. The van der Waals surface area contributed by atoms with Gasteiger partial charge in [0, 0.05) is 13.0 Å². The molecule has 0 unspecified atom stereocenters. The maximum absolute atomic E-state index is 12.3. The molecular weight excluding hydrogens is 266 g/mol. The summed E-state index contributed by atoms with van der Waals surface area (Å²) >= 11 is 0. The lowest BCUT2D eigenvalue weighted by atomic mass is 10.3. The maximum atomic E-state index is 12.3. The zero-order valence-corrected chi connectivity index (χ0v) is 11.9. The average Bonchev–Trinajstić information content (AvgIpc) is 2.35. The van der Waals surface area contributed by atoms with Crippen LogP contribution in [0, 0.1) is 0 Å². The van der Waals surface area contributed by atoms with Gasteiger partial charge in [0.15, 0.2) is 0 Å². The molecule has 0 heterocycles. The summed E-state index contributed by atoms with van der Waals surface area (Å²) in [6.07, 6.45) is 0.243. The summed E-state index contributed by atoms with van der Waals surface area (Å²) in [7, 11) is -3.45. The van der Waals surface area contributed by atoms with E-state index in [0.29, 0.717) is 5.69 Å². The fourth-order valence-electron chi connectivity index (χ4n) is 1.63. The van der Waals surface area contributed by atoms with Crippen LogP contribution in [-0.4, -0.2) is 31.3 Å². The molecule has 0 spiro atoms. The lowest BCUT2D eigenvalue weighted by molar-refractivity contribution is -0.137. The number of sulfonamides is 1. The summed E-state index contributed by atoms with van der Waals surface area (Å²) in [5.41, 5.74) is 0.571. The van der Waals surface area contributed by atoms with E-state index in [9.17, 15) is 13.2 Å². The topological polar surface area (TPSA) is 74.7 Å². The van der Waals surface area contributed by atoms with Gasteiger partial charge in [0.2, 0.25) is 10.0 Å².